The van der Waals surface area contributed by atoms with E-state index >= 15 is 0 Å². The van der Waals surface area contributed by atoms with Gasteiger partial charge in [0.15, 0.2) is 11.5 Å². The molecule has 2 aromatic rings. The first-order valence-electron chi connectivity index (χ1n) is 6.55. The minimum Gasteiger partial charge on any atom is -0.493 e. The lowest BCUT2D eigenvalue weighted by atomic mass is 10.2. The van der Waals surface area contributed by atoms with Crippen molar-refractivity contribution < 1.29 is 23.8 Å². The highest BCUT2D eigenvalue weighted by atomic mass is 19.1. The Hall–Kier alpha value is -2.82. The maximum Gasteiger partial charge on any atom is 0.328 e. The van der Waals surface area contributed by atoms with E-state index < -0.39 is 5.97 Å². The Labute approximate surface area is 127 Å². The van der Waals surface area contributed by atoms with Gasteiger partial charge in [0.05, 0.1) is 7.11 Å². The molecule has 0 saturated heterocycles. The minimum atomic E-state index is -1.02. The predicted octanol–water partition coefficient (Wildman–Crippen LogP) is 3.51. The molecule has 22 heavy (non-hydrogen) atoms. The van der Waals surface area contributed by atoms with E-state index in [1.165, 1.54) is 25.3 Å². The summed E-state index contributed by atoms with van der Waals surface area (Å²) in [4.78, 5) is 10.5. The molecule has 0 unspecified atom stereocenters. The van der Waals surface area contributed by atoms with Crippen molar-refractivity contribution in [3.8, 4) is 11.5 Å². The van der Waals surface area contributed by atoms with Crippen molar-refractivity contribution in [1.82, 2.24) is 0 Å². The predicted molar refractivity (Wildman–Crippen MR) is 80.4 cm³/mol. The Bertz CT molecular complexity index is 678. The quantitative estimate of drug-likeness (QED) is 0.830. The molecule has 114 valence electrons. The van der Waals surface area contributed by atoms with Gasteiger partial charge >= 0.3 is 5.97 Å². The summed E-state index contributed by atoms with van der Waals surface area (Å²) in [6, 6.07) is 11.1. The molecule has 0 bridgehead atoms. The summed E-state index contributed by atoms with van der Waals surface area (Å²) in [7, 11) is 1.50. The van der Waals surface area contributed by atoms with E-state index in [-0.39, 0.29) is 12.4 Å². The van der Waals surface area contributed by atoms with Gasteiger partial charge in [-0.1, -0.05) is 18.2 Å². The average Bonchev–Trinajstić information content (AvgIpc) is 2.52. The first-order valence-corrected chi connectivity index (χ1v) is 6.55. The number of hydrogen-bond donors (Lipinski definition) is 1. The Morgan fingerprint density at radius 1 is 1.18 bits per heavy atom. The zero-order valence-electron chi connectivity index (χ0n) is 12.0. The van der Waals surface area contributed by atoms with Crippen LogP contribution in [0.2, 0.25) is 0 Å². The summed E-state index contributed by atoms with van der Waals surface area (Å²) in [5, 5.41) is 8.62. The molecule has 1 N–H and O–H groups in total. The molecule has 0 fully saturated rings. The molecule has 4 nitrogen and oxygen atoms in total. The second-order valence-electron chi connectivity index (χ2n) is 4.50. The topological polar surface area (TPSA) is 55.8 Å². The van der Waals surface area contributed by atoms with Gasteiger partial charge in [0.1, 0.15) is 12.4 Å². The third-order valence-electron chi connectivity index (χ3n) is 2.91. The zero-order valence-corrected chi connectivity index (χ0v) is 12.0. The van der Waals surface area contributed by atoms with Gasteiger partial charge in [0.25, 0.3) is 0 Å². The monoisotopic (exact) mass is 302 g/mol. The number of rotatable bonds is 6. The largest absolute Gasteiger partial charge is 0.493 e. The molecule has 0 aliphatic heterocycles. The lowest BCUT2D eigenvalue weighted by Crippen LogP contribution is -1.98. The molecular formula is C17H15FO4. The van der Waals surface area contributed by atoms with Crippen molar-refractivity contribution in [2.75, 3.05) is 7.11 Å². The fourth-order valence-corrected chi connectivity index (χ4v) is 1.82. The summed E-state index contributed by atoms with van der Waals surface area (Å²) in [6.07, 6.45) is 2.52. The summed E-state index contributed by atoms with van der Waals surface area (Å²) >= 11 is 0. The summed E-state index contributed by atoms with van der Waals surface area (Å²) in [6.45, 7) is 0.279. The molecule has 0 amide bonds. The van der Waals surface area contributed by atoms with Gasteiger partial charge in [-0.15, -0.1) is 0 Å². The van der Waals surface area contributed by atoms with E-state index in [0.29, 0.717) is 17.1 Å². The Kier molecular flexibility index (Phi) is 5.14. The maximum atomic E-state index is 12.8. The van der Waals surface area contributed by atoms with E-state index in [9.17, 15) is 9.18 Å². The third-order valence-corrected chi connectivity index (χ3v) is 2.91. The molecule has 2 rings (SSSR count). The van der Waals surface area contributed by atoms with Crippen LogP contribution in [0.15, 0.2) is 48.5 Å². The van der Waals surface area contributed by atoms with Crippen LogP contribution in [0.1, 0.15) is 11.1 Å². The summed E-state index contributed by atoms with van der Waals surface area (Å²) in [5.41, 5.74) is 1.52. The SMILES string of the molecule is COc1cc(/C=C\C(=O)O)ccc1OCc1ccc(F)cc1. The second kappa shape index (κ2) is 7.26. The summed E-state index contributed by atoms with van der Waals surface area (Å²) in [5.74, 6) is -0.291. The number of benzene rings is 2. The van der Waals surface area contributed by atoms with Crippen LogP contribution in [-0.2, 0) is 11.4 Å². The molecule has 0 spiro atoms. The number of hydrogen-bond acceptors (Lipinski definition) is 3. The van der Waals surface area contributed by atoms with Crippen molar-refractivity contribution in [1.29, 1.82) is 0 Å². The smallest absolute Gasteiger partial charge is 0.328 e. The van der Waals surface area contributed by atoms with Crippen LogP contribution < -0.4 is 9.47 Å². The van der Waals surface area contributed by atoms with Crippen LogP contribution in [0.5, 0.6) is 11.5 Å². The highest BCUT2D eigenvalue weighted by Crippen LogP contribution is 2.29. The van der Waals surface area contributed by atoms with Crippen molar-refractivity contribution in [2.24, 2.45) is 0 Å². The number of halogens is 1. The second-order valence-corrected chi connectivity index (χ2v) is 4.50. The lowest BCUT2D eigenvalue weighted by Gasteiger charge is -2.11. The number of aliphatic carboxylic acids is 1. The highest BCUT2D eigenvalue weighted by Gasteiger charge is 2.05. The van der Waals surface area contributed by atoms with Crippen LogP contribution in [-0.4, -0.2) is 18.2 Å². The number of carbonyl (C=O) groups is 1. The van der Waals surface area contributed by atoms with Gasteiger partial charge in [-0.2, -0.15) is 0 Å². The van der Waals surface area contributed by atoms with Gasteiger partial charge in [-0.3, -0.25) is 0 Å². The Balaban J connectivity index is 2.10. The summed E-state index contributed by atoms with van der Waals surface area (Å²) < 4.78 is 23.7. The van der Waals surface area contributed by atoms with Gasteiger partial charge in [-0.25, -0.2) is 9.18 Å². The molecule has 0 heterocycles. The number of carboxylic acids is 1. The molecule has 0 aliphatic carbocycles. The number of carboxylic acid groups (broad SMARTS) is 1. The van der Waals surface area contributed by atoms with E-state index in [4.69, 9.17) is 14.6 Å². The van der Waals surface area contributed by atoms with Gasteiger partial charge in [0, 0.05) is 6.08 Å². The van der Waals surface area contributed by atoms with Gasteiger partial charge in [-0.05, 0) is 41.5 Å². The van der Waals surface area contributed by atoms with Crippen LogP contribution in [0.3, 0.4) is 0 Å². The first kappa shape index (κ1) is 15.6. The molecular weight excluding hydrogens is 287 g/mol. The molecule has 0 radical (unpaired) electrons. The molecule has 0 aliphatic rings. The Morgan fingerprint density at radius 2 is 1.91 bits per heavy atom. The molecule has 0 atom stereocenters. The minimum absolute atomic E-state index is 0.279. The van der Waals surface area contributed by atoms with E-state index in [1.54, 1.807) is 30.3 Å². The van der Waals surface area contributed by atoms with Crippen LogP contribution in [0.25, 0.3) is 6.08 Å². The van der Waals surface area contributed by atoms with E-state index in [0.717, 1.165) is 11.6 Å². The molecule has 0 saturated carbocycles. The van der Waals surface area contributed by atoms with Crippen molar-refractivity contribution >= 4 is 12.0 Å². The standard InChI is InChI=1S/C17H15FO4/c1-21-16-10-12(5-9-17(19)20)4-8-15(16)22-11-13-2-6-14(18)7-3-13/h2-10H,11H2,1H3,(H,19,20)/b9-5-. The van der Waals surface area contributed by atoms with Gasteiger partial charge < -0.3 is 14.6 Å². The maximum absolute atomic E-state index is 12.8. The fourth-order valence-electron chi connectivity index (χ4n) is 1.82. The zero-order chi connectivity index (χ0) is 15.9. The molecule has 0 aromatic heterocycles. The number of ether oxygens (including phenoxy) is 2. The number of methoxy groups -OCH3 is 1. The molecule has 5 heteroatoms. The van der Waals surface area contributed by atoms with E-state index in [1.807, 2.05) is 0 Å². The third kappa shape index (κ3) is 4.34. The fraction of sp³-hybridized carbons (Fsp3) is 0.118. The average molecular weight is 302 g/mol. The lowest BCUT2D eigenvalue weighted by molar-refractivity contribution is -0.131. The van der Waals surface area contributed by atoms with Crippen LogP contribution >= 0.6 is 0 Å². The van der Waals surface area contributed by atoms with E-state index in [2.05, 4.69) is 0 Å². The normalized spacial score (nSPS) is 10.6. The van der Waals surface area contributed by atoms with Crippen LogP contribution in [0.4, 0.5) is 4.39 Å². The highest BCUT2D eigenvalue weighted by molar-refractivity contribution is 5.85. The van der Waals surface area contributed by atoms with Crippen LogP contribution in [0, 0.1) is 5.82 Å². The Morgan fingerprint density at radius 3 is 2.55 bits per heavy atom. The van der Waals surface area contributed by atoms with Crippen molar-refractivity contribution in [3.63, 3.8) is 0 Å². The molecule has 2 aromatic carbocycles. The van der Waals surface area contributed by atoms with Gasteiger partial charge in [0.2, 0.25) is 0 Å². The van der Waals surface area contributed by atoms with Crippen molar-refractivity contribution in [3.05, 3.63) is 65.5 Å². The first-order chi connectivity index (χ1) is 10.6. The van der Waals surface area contributed by atoms with Crippen molar-refractivity contribution in [2.45, 2.75) is 6.61 Å².